The Labute approximate surface area is 124 Å². The maximum Gasteiger partial charge on any atom is 0.237 e. The van der Waals surface area contributed by atoms with Crippen molar-refractivity contribution < 1.29 is 4.74 Å². The summed E-state index contributed by atoms with van der Waals surface area (Å²) in [4.78, 5) is 4.25. The van der Waals surface area contributed by atoms with Gasteiger partial charge in [0.2, 0.25) is 5.88 Å². The summed E-state index contributed by atoms with van der Waals surface area (Å²) in [5.41, 5.74) is 2.04. The first-order chi connectivity index (χ1) is 9.01. The van der Waals surface area contributed by atoms with Crippen LogP contribution >= 0.6 is 27.5 Å². The zero-order valence-corrected chi connectivity index (χ0v) is 12.7. The minimum Gasteiger partial charge on any atom is -0.436 e. The highest BCUT2D eigenvalue weighted by molar-refractivity contribution is 9.10. The summed E-state index contributed by atoms with van der Waals surface area (Å²) in [7, 11) is 0. The van der Waals surface area contributed by atoms with E-state index < -0.39 is 0 Å². The van der Waals surface area contributed by atoms with Gasteiger partial charge in [-0.2, -0.15) is 5.26 Å². The van der Waals surface area contributed by atoms with Gasteiger partial charge in [-0.05, 0) is 43.7 Å². The summed E-state index contributed by atoms with van der Waals surface area (Å²) >= 11 is 9.41. The van der Waals surface area contributed by atoms with Gasteiger partial charge in [0.15, 0.2) is 0 Å². The van der Waals surface area contributed by atoms with Crippen molar-refractivity contribution in [3.8, 4) is 17.7 Å². The Balaban J connectivity index is 2.46. The maximum atomic E-state index is 9.17. The van der Waals surface area contributed by atoms with Gasteiger partial charge in [0.25, 0.3) is 0 Å². The van der Waals surface area contributed by atoms with Crippen LogP contribution in [-0.4, -0.2) is 4.98 Å². The molecule has 5 heteroatoms. The van der Waals surface area contributed by atoms with Crippen molar-refractivity contribution >= 4 is 27.5 Å². The average Bonchev–Trinajstić information content (AvgIpc) is 2.32. The molecule has 0 aliphatic rings. The Bertz CT molecular complexity index is 680. The Hall–Kier alpha value is -1.57. The van der Waals surface area contributed by atoms with E-state index in [1.807, 2.05) is 26.0 Å². The molecule has 0 atom stereocenters. The SMILES string of the molecule is Cc1cc(C)c(C#N)c(Oc2ccc(Br)cc2Cl)n1. The van der Waals surface area contributed by atoms with Crippen LogP contribution in [0, 0.1) is 25.2 Å². The van der Waals surface area contributed by atoms with Gasteiger partial charge in [0, 0.05) is 10.2 Å². The molecule has 19 heavy (non-hydrogen) atoms. The monoisotopic (exact) mass is 336 g/mol. The molecule has 0 aliphatic heterocycles. The van der Waals surface area contributed by atoms with E-state index in [0.29, 0.717) is 16.3 Å². The van der Waals surface area contributed by atoms with Gasteiger partial charge in [0.1, 0.15) is 17.4 Å². The van der Waals surface area contributed by atoms with Crippen LogP contribution in [0.5, 0.6) is 11.6 Å². The number of ether oxygens (including phenoxy) is 1. The number of hydrogen-bond acceptors (Lipinski definition) is 3. The molecule has 0 amide bonds. The van der Waals surface area contributed by atoms with Crippen molar-refractivity contribution in [1.29, 1.82) is 5.26 Å². The fraction of sp³-hybridized carbons (Fsp3) is 0.143. The fourth-order valence-electron chi connectivity index (χ4n) is 1.67. The van der Waals surface area contributed by atoms with Gasteiger partial charge in [-0.1, -0.05) is 27.5 Å². The summed E-state index contributed by atoms with van der Waals surface area (Å²) in [5, 5.41) is 9.63. The first-order valence-corrected chi connectivity index (χ1v) is 6.69. The molecule has 1 aromatic carbocycles. The van der Waals surface area contributed by atoms with Crippen LogP contribution in [-0.2, 0) is 0 Å². The number of rotatable bonds is 2. The normalized spacial score (nSPS) is 10.1. The third-order valence-electron chi connectivity index (χ3n) is 2.52. The summed E-state index contributed by atoms with van der Waals surface area (Å²) in [6.45, 7) is 3.70. The zero-order valence-electron chi connectivity index (χ0n) is 10.4. The molecular formula is C14H10BrClN2O. The van der Waals surface area contributed by atoms with Crippen LogP contribution in [0.3, 0.4) is 0 Å². The number of benzene rings is 1. The number of halogens is 2. The second-order valence-electron chi connectivity index (χ2n) is 4.05. The average molecular weight is 338 g/mol. The first-order valence-electron chi connectivity index (χ1n) is 5.52. The van der Waals surface area contributed by atoms with Crippen LogP contribution in [0.4, 0.5) is 0 Å². The van der Waals surface area contributed by atoms with Crippen molar-refractivity contribution in [1.82, 2.24) is 4.98 Å². The van der Waals surface area contributed by atoms with Gasteiger partial charge in [-0.3, -0.25) is 0 Å². The van der Waals surface area contributed by atoms with Gasteiger partial charge in [-0.25, -0.2) is 4.98 Å². The predicted octanol–water partition coefficient (Wildman–Crippen LogP) is 4.78. The van der Waals surface area contributed by atoms with Crippen molar-refractivity contribution in [3.05, 3.63) is 50.6 Å². The molecular weight excluding hydrogens is 328 g/mol. The van der Waals surface area contributed by atoms with Crippen LogP contribution < -0.4 is 4.74 Å². The number of nitriles is 1. The molecule has 0 bridgehead atoms. The zero-order chi connectivity index (χ0) is 14.0. The molecule has 0 radical (unpaired) electrons. The molecule has 0 saturated carbocycles. The van der Waals surface area contributed by atoms with Gasteiger partial charge >= 0.3 is 0 Å². The molecule has 2 rings (SSSR count). The van der Waals surface area contributed by atoms with Gasteiger partial charge < -0.3 is 4.74 Å². The highest BCUT2D eigenvalue weighted by Crippen LogP contribution is 2.33. The lowest BCUT2D eigenvalue weighted by Crippen LogP contribution is -1.97. The Kier molecular flexibility index (Phi) is 4.08. The number of hydrogen-bond donors (Lipinski definition) is 0. The Morgan fingerprint density at radius 1 is 1.32 bits per heavy atom. The van der Waals surface area contributed by atoms with Crippen LogP contribution in [0.25, 0.3) is 0 Å². The van der Waals surface area contributed by atoms with Crippen molar-refractivity contribution in [2.24, 2.45) is 0 Å². The minimum absolute atomic E-state index is 0.282. The van der Waals surface area contributed by atoms with E-state index in [2.05, 4.69) is 27.0 Å². The molecule has 0 saturated heterocycles. The lowest BCUT2D eigenvalue weighted by molar-refractivity contribution is 0.459. The Morgan fingerprint density at radius 3 is 2.68 bits per heavy atom. The standard InChI is InChI=1S/C14H10BrClN2O/c1-8-5-9(2)18-14(11(8)7-17)19-13-4-3-10(15)6-12(13)16/h3-6H,1-2H3. The van der Waals surface area contributed by atoms with E-state index >= 15 is 0 Å². The van der Waals surface area contributed by atoms with Crippen LogP contribution in [0.2, 0.25) is 5.02 Å². The minimum atomic E-state index is 0.282. The van der Waals surface area contributed by atoms with Crippen molar-refractivity contribution in [3.63, 3.8) is 0 Å². The van der Waals surface area contributed by atoms with E-state index in [9.17, 15) is 5.26 Å². The fourth-order valence-corrected chi connectivity index (χ4v) is 2.39. The smallest absolute Gasteiger partial charge is 0.237 e. The van der Waals surface area contributed by atoms with E-state index in [0.717, 1.165) is 15.7 Å². The molecule has 1 heterocycles. The molecule has 0 N–H and O–H groups in total. The van der Waals surface area contributed by atoms with Gasteiger partial charge in [0.05, 0.1) is 5.02 Å². The van der Waals surface area contributed by atoms with E-state index in [1.165, 1.54) is 0 Å². The summed E-state index contributed by atoms with van der Waals surface area (Å²) in [6, 6.07) is 9.22. The summed E-state index contributed by atoms with van der Waals surface area (Å²) < 4.78 is 6.52. The summed E-state index contributed by atoms with van der Waals surface area (Å²) in [6.07, 6.45) is 0. The van der Waals surface area contributed by atoms with Crippen molar-refractivity contribution in [2.75, 3.05) is 0 Å². The number of aryl methyl sites for hydroxylation is 2. The molecule has 0 spiro atoms. The van der Waals surface area contributed by atoms with Crippen LogP contribution in [0.1, 0.15) is 16.8 Å². The topological polar surface area (TPSA) is 45.9 Å². The molecule has 0 fully saturated rings. The van der Waals surface area contributed by atoms with Crippen LogP contribution in [0.15, 0.2) is 28.7 Å². The Morgan fingerprint density at radius 2 is 2.05 bits per heavy atom. The molecule has 96 valence electrons. The largest absolute Gasteiger partial charge is 0.436 e. The van der Waals surface area contributed by atoms with Gasteiger partial charge in [-0.15, -0.1) is 0 Å². The quantitative estimate of drug-likeness (QED) is 0.792. The first kappa shape index (κ1) is 13.9. The molecule has 1 aromatic heterocycles. The number of aromatic nitrogens is 1. The lowest BCUT2D eigenvalue weighted by atomic mass is 10.1. The molecule has 2 aromatic rings. The second kappa shape index (κ2) is 5.60. The predicted molar refractivity (Wildman–Crippen MR) is 77.7 cm³/mol. The van der Waals surface area contributed by atoms with E-state index in [4.69, 9.17) is 16.3 Å². The molecule has 0 aliphatic carbocycles. The molecule has 3 nitrogen and oxygen atoms in total. The number of nitrogens with zero attached hydrogens (tertiary/aromatic N) is 2. The van der Waals surface area contributed by atoms with Crippen molar-refractivity contribution in [2.45, 2.75) is 13.8 Å². The third kappa shape index (κ3) is 3.06. The number of pyridine rings is 1. The second-order valence-corrected chi connectivity index (χ2v) is 5.37. The van der Waals surface area contributed by atoms with E-state index in [-0.39, 0.29) is 5.88 Å². The highest BCUT2D eigenvalue weighted by atomic mass is 79.9. The lowest BCUT2D eigenvalue weighted by Gasteiger charge is -2.10. The summed E-state index contributed by atoms with van der Waals surface area (Å²) in [5.74, 6) is 0.753. The highest BCUT2D eigenvalue weighted by Gasteiger charge is 2.12. The third-order valence-corrected chi connectivity index (χ3v) is 3.31. The molecule has 0 unspecified atom stereocenters. The maximum absolute atomic E-state index is 9.17. The van der Waals surface area contributed by atoms with E-state index in [1.54, 1.807) is 12.1 Å².